The molecule has 0 aliphatic rings. The Balaban J connectivity index is 1.58. The van der Waals surface area contributed by atoms with Crippen molar-refractivity contribution in [1.29, 1.82) is 0 Å². The molecule has 3 aromatic rings. The Morgan fingerprint density at radius 2 is 1.83 bits per heavy atom. The fourth-order valence-corrected chi connectivity index (χ4v) is 2.27. The van der Waals surface area contributed by atoms with Crippen molar-refractivity contribution in [3.8, 4) is 11.4 Å². The number of rotatable bonds is 5. The number of benzene rings is 2. The van der Waals surface area contributed by atoms with Crippen LogP contribution in [0.2, 0.25) is 0 Å². The second-order valence-corrected chi connectivity index (χ2v) is 5.83. The molecule has 0 aliphatic heterocycles. The molecule has 1 N–H and O–H groups in total. The number of tetrazole rings is 1. The SMILES string of the molecule is O=C(Cn1nnc(-c2ccc(Br)cc2)n1)NCc1ccccc1. The summed E-state index contributed by atoms with van der Waals surface area (Å²) in [6.45, 7) is 0.518. The number of amides is 1. The van der Waals surface area contributed by atoms with Crippen LogP contribution in [-0.2, 0) is 17.9 Å². The quantitative estimate of drug-likeness (QED) is 0.747. The maximum Gasteiger partial charge on any atom is 0.243 e. The van der Waals surface area contributed by atoms with E-state index in [2.05, 4.69) is 36.7 Å². The van der Waals surface area contributed by atoms with Crippen molar-refractivity contribution < 1.29 is 4.79 Å². The summed E-state index contributed by atoms with van der Waals surface area (Å²) in [5, 5.41) is 14.9. The zero-order valence-corrected chi connectivity index (χ0v) is 13.8. The van der Waals surface area contributed by atoms with E-state index in [0.717, 1.165) is 15.6 Å². The standard InChI is InChI=1S/C16H14BrN5O/c17-14-8-6-13(7-9-14)16-19-21-22(20-16)11-15(23)18-10-12-4-2-1-3-5-12/h1-9H,10-11H2,(H,18,23). The van der Waals surface area contributed by atoms with Crippen LogP contribution in [0, 0.1) is 0 Å². The summed E-state index contributed by atoms with van der Waals surface area (Å²) in [4.78, 5) is 13.2. The van der Waals surface area contributed by atoms with Crippen molar-refractivity contribution in [1.82, 2.24) is 25.5 Å². The normalized spacial score (nSPS) is 10.5. The van der Waals surface area contributed by atoms with Gasteiger partial charge in [-0.3, -0.25) is 4.79 Å². The van der Waals surface area contributed by atoms with Gasteiger partial charge in [0.25, 0.3) is 0 Å². The van der Waals surface area contributed by atoms with E-state index in [1.54, 1.807) is 0 Å². The molecule has 0 unspecified atom stereocenters. The first-order chi connectivity index (χ1) is 11.2. The second-order valence-electron chi connectivity index (χ2n) is 4.91. The average Bonchev–Trinajstić information content (AvgIpc) is 3.03. The van der Waals surface area contributed by atoms with E-state index in [4.69, 9.17) is 0 Å². The zero-order valence-electron chi connectivity index (χ0n) is 12.2. The molecular formula is C16H14BrN5O. The van der Waals surface area contributed by atoms with Gasteiger partial charge < -0.3 is 5.32 Å². The number of halogens is 1. The van der Waals surface area contributed by atoms with Crippen molar-refractivity contribution in [2.75, 3.05) is 0 Å². The minimum absolute atomic E-state index is 0.0381. The molecule has 0 fully saturated rings. The molecule has 0 spiro atoms. The van der Waals surface area contributed by atoms with Crippen LogP contribution in [0.5, 0.6) is 0 Å². The lowest BCUT2D eigenvalue weighted by molar-refractivity contribution is -0.122. The van der Waals surface area contributed by atoms with Crippen molar-refractivity contribution in [3.05, 3.63) is 64.6 Å². The maximum absolute atomic E-state index is 11.9. The van der Waals surface area contributed by atoms with Crippen molar-refractivity contribution in [2.45, 2.75) is 13.1 Å². The predicted molar refractivity (Wildman–Crippen MR) is 89.2 cm³/mol. The van der Waals surface area contributed by atoms with Gasteiger partial charge in [-0.05, 0) is 35.0 Å². The summed E-state index contributed by atoms with van der Waals surface area (Å²) in [5.41, 5.74) is 1.90. The molecule has 0 aliphatic carbocycles. The minimum Gasteiger partial charge on any atom is -0.350 e. The van der Waals surface area contributed by atoms with E-state index >= 15 is 0 Å². The monoisotopic (exact) mass is 371 g/mol. The Labute approximate surface area is 141 Å². The van der Waals surface area contributed by atoms with Crippen LogP contribution in [0.4, 0.5) is 0 Å². The first-order valence-electron chi connectivity index (χ1n) is 7.05. The van der Waals surface area contributed by atoms with Gasteiger partial charge in [-0.2, -0.15) is 4.80 Å². The Hall–Kier alpha value is -2.54. The minimum atomic E-state index is -0.159. The first-order valence-corrected chi connectivity index (χ1v) is 7.84. The van der Waals surface area contributed by atoms with Crippen molar-refractivity contribution in [2.24, 2.45) is 0 Å². The summed E-state index contributed by atoms with van der Waals surface area (Å²) >= 11 is 3.38. The van der Waals surface area contributed by atoms with Crippen LogP contribution in [-0.4, -0.2) is 26.1 Å². The van der Waals surface area contributed by atoms with E-state index in [1.165, 1.54) is 4.80 Å². The van der Waals surface area contributed by atoms with Crippen LogP contribution in [0.1, 0.15) is 5.56 Å². The van der Waals surface area contributed by atoms with Gasteiger partial charge in [0.15, 0.2) is 0 Å². The number of nitrogens with one attached hydrogen (secondary N) is 1. The van der Waals surface area contributed by atoms with E-state index in [-0.39, 0.29) is 12.5 Å². The molecule has 3 rings (SSSR count). The van der Waals surface area contributed by atoms with Gasteiger partial charge in [-0.15, -0.1) is 10.2 Å². The van der Waals surface area contributed by atoms with Crippen LogP contribution in [0.25, 0.3) is 11.4 Å². The molecule has 1 aromatic heterocycles. The first kappa shape index (κ1) is 15.4. The van der Waals surface area contributed by atoms with E-state index < -0.39 is 0 Å². The molecule has 0 saturated heterocycles. The molecule has 6 nitrogen and oxygen atoms in total. The summed E-state index contributed by atoms with van der Waals surface area (Å²) < 4.78 is 0.980. The van der Waals surface area contributed by atoms with Crippen LogP contribution < -0.4 is 5.32 Å². The Morgan fingerprint density at radius 3 is 2.57 bits per heavy atom. The van der Waals surface area contributed by atoms with E-state index in [1.807, 2.05) is 54.6 Å². The lowest BCUT2D eigenvalue weighted by atomic mass is 10.2. The summed E-state index contributed by atoms with van der Waals surface area (Å²) in [7, 11) is 0. The Kier molecular flexibility index (Phi) is 4.77. The molecule has 1 amide bonds. The maximum atomic E-state index is 11.9. The molecule has 0 atom stereocenters. The third-order valence-electron chi connectivity index (χ3n) is 3.17. The second kappa shape index (κ2) is 7.15. The van der Waals surface area contributed by atoms with Gasteiger partial charge in [-0.25, -0.2) is 0 Å². The average molecular weight is 372 g/mol. The molecule has 7 heteroatoms. The van der Waals surface area contributed by atoms with E-state index in [0.29, 0.717) is 12.4 Å². The summed E-state index contributed by atoms with van der Waals surface area (Å²) in [6, 6.07) is 17.3. The smallest absolute Gasteiger partial charge is 0.243 e. The van der Waals surface area contributed by atoms with Gasteiger partial charge in [0.05, 0.1) is 0 Å². The number of nitrogens with zero attached hydrogens (tertiary/aromatic N) is 4. The molecule has 2 aromatic carbocycles. The van der Waals surface area contributed by atoms with Gasteiger partial charge in [-0.1, -0.05) is 46.3 Å². The topological polar surface area (TPSA) is 72.7 Å². The van der Waals surface area contributed by atoms with Crippen molar-refractivity contribution in [3.63, 3.8) is 0 Å². The summed E-state index contributed by atoms with van der Waals surface area (Å²) in [6.07, 6.45) is 0. The van der Waals surface area contributed by atoms with Gasteiger partial charge in [0, 0.05) is 16.6 Å². The number of carbonyl (C=O) groups is 1. The lowest BCUT2D eigenvalue weighted by Gasteiger charge is -2.04. The third-order valence-corrected chi connectivity index (χ3v) is 3.70. The molecule has 23 heavy (non-hydrogen) atoms. The van der Waals surface area contributed by atoms with Crippen molar-refractivity contribution >= 4 is 21.8 Å². The fraction of sp³-hybridized carbons (Fsp3) is 0.125. The summed E-state index contributed by atoms with van der Waals surface area (Å²) in [5.74, 6) is 0.335. The molecule has 116 valence electrons. The highest BCUT2D eigenvalue weighted by atomic mass is 79.9. The fourth-order valence-electron chi connectivity index (χ4n) is 2.01. The van der Waals surface area contributed by atoms with Gasteiger partial charge >= 0.3 is 0 Å². The molecule has 0 radical (unpaired) electrons. The lowest BCUT2D eigenvalue weighted by Crippen LogP contribution is -2.28. The number of carbonyl (C=O) groups excluding carboxylic acids is 1. The van der Waals surface area contributed by atoms with E-state index in [9.17, 15) is 4.79 Å². The number of aromatic nitrogens is 4. The number of hydrogen-bond acceptors (Lipinski definition) is 4. The third kappa shape index (κ3) is 4.23. The Morgan fingerprint density at radius 1 is 1.09 bits per heavy atom. The van der Waals surface area contributed by atoms with Gasteiger partial charge in [0.1, 0.15) is 6.54 Å². The molecule has 1 heterocycles. The Bertz CT molecular complexity index is 786. The van der Waals surface area contributed by atoms with Crippen LogP contribution >= 0.6 is 15.9 Å². The molecule has 0 bridgehead atoms. The highest BCUT2D eigenvalue weighted by molar-refractivity contribution is 9.10. The molecular weight excluding hydrogens is 358 g/mol. The molecule has 0 saturated carbocycles. The highest BCUT2D eigenvalue weighted by Crippen LogP contribution is 2.17. The largest absolute Gasteiger partial charge is 0.350 e. The predicted octanol–water partition coefficient (Wildman–Crippen LogP) is 2.42. The van der Waals surface area contributed by atoms with Crippen LogP contribution in [0.3, 0.4) is 0 Å². The number of hydrogen-bond donors (Lipinski definition) is 1. The zero-order chi connectivity index (χ0) is 16.1. The van der Waals surface area contributed by atoms with Gasteiger partial charge in [0.2, 0.25) is 11.7 Å². The highest BCUT2D eigenvalue weighted by Gasteiger charge is 2.09. The van der Waals surface area contributed by atoms with Crippen LogP contribution in [0.15, 0.2) is 59.1 Å².